The van der Waals surface area contributed by atoms with E-state index in [0.29, 0.717) is 0 Å². The van der Waals surface area contributed by atoms with E-state index in [1.807, 2.05) is 11.3 Å². The van der Waals surface area contributed by atoms with Crippen LogP contribution in [0, 0.1) is 6.92 Å². The zero-order chi connectivity index (χ0) is 9.26. The van der Waals surface area contributed by atoms with Crippen molar-refractivity contribution in [1.82, 2.24) is 0 Å². The van der Waals surface area contributed by atoms with Crippen molar-refractivity contribution in [2.24, 2.45) is 0 Å². The minimum absolute atomic E-state index is 1.05. The largest absolute Gasteiger partial charge is 0.144 e. The number of hydrogen-bond acceptors (Lipinski definition) is 1. The molecule has 1 heterocycles. The summed E-state index contributed by atoms with van der Waals surface area (Å²) in [5, 5.41) is 4.75. The fourth-order valence-electron chi connectivity index (χ4n) is 1.49. The normalized spacial score (nSPS) is 10.9. The van der Waals surface area contributed by atoms with Crippen molar-refractivity contribution in [3.05, 3.63) is 34.7 Å². The summed E-state index contributed by atoms with van der Waals surface area (Å²) in [5.74, 6) is 0. The van der Waals surface area contributed by atoms with E-state index in [-0.39, 0.29) is 0 Å². The van der Waals surface area contributed by atoms with Gasteiger partial charge >= 0.3 is 0 Å². The van der Waals surface area contributed by atoms with Crippen LogP contribution in [-0.4, -0.2) is 5.33 Å². The number of fused-ring (bicyclic) bond motifs is 1. The van der Waals surface area contributed by atoms with Gasteiger partial charge in [0.25, 0.3) is 0 Å². The molecule has 0 fully saturated rings. The van der Waals surface area contributed by atoms with Gasteiger partial charge in [0.15, 0.2) is 0 Å². The molecule has 0 N–H and O–H groups in total. The number of thiophene rings is 1. The van der Waals surface area contributed by atoms with Crippen LogP contribution in [0.3, 0.4) is 0 Å². The maximum absolute atomic E-state index is 3.48. The molecule has 0 bridgehead atoms. The minimum atomic E-state index is 1.05. The standard InChI is InChI=1S/C11H11BrS/c1-8-2-3-11-10(6-8)9(4-5-12)7-13-11/h2-3,6-7H,4-5H2,1H3. The van der Waals surface area contributed by atoms with E-state index in [0.717, 1.165) is 11.8 Å². The van der Waals surface area contributed by atoms with Crippen LogP contribution in [0.15, 0.2) is 23.6 Å². The fourth-order valence-corrected chi connectivity index (χ4v) is 2.90. The van der Waals surface area contributed by atoms with Crippen LogP contribution < -0.4 is 0 Å². The molecule has 2 rings (SSSR count). The van der Waals surface area contributed by atoms with Crippen LogP contribution in [-0.2, 0) is 6.42 Å². The van der Waals surface area contributed by atoms with Gasteiger partial charge in [0.05, 0.1) is 0 Å². The molecule has 0 atom stereocenters. The predicted octanol–water partition coefficient (Wildman–Crippen LogP) is 4.15. The Morgan fingerprint density at radius 3 is 3.00 bits per heavy atom. The van der Waals surface area contributed by atoms with Gasteiger partial charge in [-0.3, -0.25) is 0 Å². The number of alkyl halides is 1. The number of hydrogen-bond donors (Lipinski definition) is 0. The Bertz CT molecular complexity index is 417. The molecule has 0 radical (unpaired) electrons. The lowest BCUT2D eigenvalue weighted by molar-refractivity contribution is 1.20. The maximum atomic E-state index is 3.48. The first-order chi connectivity index (χ1) is 6.31. The third-order valence-corrected chi connectivity index (χ3v) is 3.58. The third kappa shape index (κ3) is 1.79. The van der Waals surface area contributed by atoms with E-state index in [1.54, 1.807) is 0 Å². The zero-order valence-corrected chi connectivity index (χ0v) is 9.91. The van der Waals surface area contributed by atoms with Crippen LogP contribution >= 0.6 is 27.3 Å². The Morgan fingerprint density at radius 2 is 2.23 bits per heavy atom. The van der Waals surface area contributed by atoms with E-state index in [1.165, 1.54) is 21.2 Å². The quantitative estimate of drug-likeness (QED) is 0.707. The second kappa shape index (κ2) is 3.81. The number of halogens is 1. The van der Waals surface area contributed by atoms with Crippen molar-refractivity contribution in [3.63, 3.8) is 0 Å². The summed E-state index contributed by atoms with van der Waals surface area (Å²) in [6.07, 6.45) is 1.13. The van der Waals surface area contributed by atoms with E-state index in [2.05, 4.69) is 46.4 Å². The average molecular weight is 255 g/mol. The molecular weight excluding hydrogens is 244 g/mol. The topological polar surface area (TPSA) is 0 Å². The molecule has 0 spiro atoms. The summed E-state index contributed by atoms with van der Waals surface area (Å²) in [5.41, 5.74) is 2.82. The molecule has 0 amide bonds. The van der Waals surface area contributed by atoms with Gasteiger partial charge in [-0.05, 0) is 35.7 Å². The highest BCUT2D eigenvalue weighted by molar-refractivity contribution is 9.09. The first-order valence-electron chi connectivity index (χ1n) is 4.34. The van der Waals surface area contributed by atoms with Crippen molar-refractivity contribution >= 4 is 37.4 Å². The summed E-state index contributed by atoms with van der Waals surface area (Å²) in [4.78, 5) is 0. The smallest absolute Gasteiger partial charge is 0.0345 e. The molecule has 0 aliphatic carbocycles. The summed E-state index contributed by atoms with van der Waals surface area (Å²) >= 11 is 5.32. The summed E-state index contributed by atoms with van der Waals surface area (Å²) in [6, 6.07) is 6.67. The molecule has 2 heteroatoms. The molecule has 2 aromatic rings. The van der Waals surface area contributed by atoms with Crippen molar-refractivity contribution in [3.8, 4) is 0 Å². The predicted molar refractivity (Wildman–Crippen MR) is 64.1 cm³/mol. The van der Waals surface area contributed by atoms with E-state index in [9.17, 15) is 0 Å². The molecular formula is C11H11BrS. The lowest BCUT2D eigenvalue weighted by Crippen LogP contribution is -1.82. The molecule has 68 valence electrons. The van der Waals surface area contributed by atoms with Crippen LogP contribution in [0.4, 0.5) is 0 Å². The second-order valence-corrected chi connectivity index (χ2v) is 4.90. The molecule has 0 aliphatic heterocycles. The molecule has 1 aromatic carbocycles. The zero-order valence-electron chi connectivity index (χ0n) is 7.51. The summed E-state index contributed by atoms with van der Waals surface area (Å²) in [6.45, 7) is 2.15. The van der Waals surface area contributed by atoms with E-state index >= 15 is 0 Å². The van der Waals surface area contributed by atoms with Gasteiger partial charge in [0.2, 0.25) is 0 Å². The summed E-state index contributed by atoms with van der Waals surface area (Å²) in [7, 11) is 0. The second-order valence-electron chi connectivity index (χ2n) is 3.20. The van der Waals surface area contributed by atoms with Crippen molar-refractivity contribution in [2.75, 3.05) is 5.33 Å². The van der Waals surface area contributed by atoms with Gasteiger partial charge in [-0.15, -0.1) is 11.3 Å². The monoisotopic (exact) mass is 254 g/mol. The lowest BCUT2D eigenvalue weighted by atomic mass is 10.1. The SMILES string of the molecule is Cc1ccc2scc(CCBr)c2c1. The molecule has 0 saturated carbocycles. The van der Waals surface area contributed by atoms with Gasteiger partial charge in [0.1, 0.15) is 0 Å². The Hall–Kier alpha value is -0.340. The lowest BCUT2D eigenvalue weighted by Gasteiger charge is -1.96. The van der Waals surface area contributed by atoms with Gasteiger partial charge < -0.3 is 0 Å². The minimum Gasteiger partial charge on any atom is -0.144 e. The molecule has 0 aliphatic rings. The highest BCUT2D eigenvalue weighted by Crippen LogP contribution is 2.27. The Kier molecular flexibility index (Phi) is 2.70. The first-order valence-corrected chi connectivity index (χ1v) is 6.34. The molecule has 0 saturated heterocycles. The Labute approximate surface area is 90.7 Å². The highest BCUT2D eigenvalue weighted by atomic mass is 79.9. The molecule has 0 unspecified atom stereocenters. The van der Waals surface area contributed by atoms with Crippen LogP contribution in [0.5, 0.6) is 0 Å². The van der Waals surface area contributed by atoms with E-state index < -0.39 is 0 Å². The fraction of sp³-hybridized carbons (Fsp3) is 0.273. The van der Waals surface area contributed by atoms with Gasteiger partial charge in [-0.25, -0.2) is 0 Å². The van der Waals surface area contributed by atoms with Gasteiger partial charge in [-0.2, -0.15) is 0 Å². The third-order valence-electron chi connectivity index (χ3n) is 2.17. The molecule has 13 heavy (non-hydrogen) atoms. The van der Waals surface area contributed by atoms with Crippen LogP contribution in [0.1, 0.15) is 11.1 Å². The maximum Gasteiger partial charge on any atom is 0.0345 e. The van der Waals surface area contributed by atoms with Crippen molar-refractivity contribution < 1.29 is 0 Å². The van der Waals surface area contributed by atoms with Crippen LogP contribution in [0.2, 0.25) is 0 Å². The molecule has 1 aromatic heterocycles. The van der Waals surface area contributed by atoms with Crippen molar-refractivity contribution in [2.45, 2.75) is 13.3 Å². The van der Waals surface area contributed by atoms with Crippen LogP contribution in [0.25, 0.3) is 10.1 Å². The number of benzene rings is 1. The van der Waals surface area contributed by atoms with E-state index in [4.69, 9.17) is 0 Å². The van der Waals surface area contributed by atoms with Gasteiger partial charge in [0, 0.05) is 10.0 Å². The Balaban J connectivity index is 2.58. The highest BCUT2D eigenvalue weighted by Gasteiger charge is 2.02. The first kappa shape index (κ1) is 9.22. The van der Waals surface area contributed by atoms with Gasteiger partial charge in [-0.1, -0.05) is 33.6 Å². The molecule has 0 nitrogen and oxygen atoms in total. The summed E-state index contributed by atoms with van der Waals surface area (Å²) < 4.78 is 1.40. The number of rotatable bonds is 2. The Morgan fingerprint density at radius 1 is 1.38 bits per heavy atom. The average Bonchev–Trinajstić information content (AvgIpc) is 2.49. The van der Waals surface area contributed by atoms with Crippen molar-refractivity contribution in [1.29, 1.82) is 0 Å². The number of aryl methyl sites for hydroxylation is 2.